The molecule has 20 heavy (non-hydrogen) atoms. The molecule has 0 fully saturated rings. The van der Waals surface area contributed by atoms with Crippen LogP contribution in [0.4, 0.5) is 0 Å². The van der Waals surface area contributed by atoms with Gasteiger partial charge in [0.05, 0.1) is 6.20 Å². The molecular formula is C13H24N4O2S. The molecule has 7 heteroatoms. The molecule has 0 spiro atoms. The van der Waals surface area contributed by atoms with Crippen LogP contribution in [0, 0.1) is 0 Å². The van der Waals surface area contributed by atoms with Crippen LogP contribution >= 0.6 is 0 Å². The number of rotatable bonds is 9. The Hall–Kier alpha value is -1.18. The van der Waals surface area contributed by atoms with Gasteiger partial charge >= 0.3 is 0 Å². The van der Waals surface area contributed by atoms with E-state index in [-0.39, 0.29) is 10.9 Å². The summed E-state index contributed by atoms with van der Waals surface area (Å²) in [5, 5.41) is 7.16. The lowest BCUT2D eigenvalue weighted by Crippen LogP contribution is -2.36. The first-order valence-corrected chi connectivity index (χ1v) is 8.17. The monoisotopic (exact) mass is 300 g/mol. The van der Waals surface area contributed by atoms with Gasteiger partial charge in [0.2, 0.25) is 10.0 Å². The van der Waals surface area contributed by atoms with Gasteiger partial charge in [-0.05, 0) is 33.9 Å². The molecule has 0 amide bonds. The van der Waals surface area contributed by atoms with Gasteiger partial charge < -0.3 is 5.32 Å². The third kappa shape index (κ3) is 4.16. The Morgan fingerprint density at radius 1 is 1.55 bits per heavy atom. The SMILES string of the molecule is C=CCN(C(C)C)S(=O)(=O)c1cnn(CCCNC)c1. The summed E-state index contributed by atoms with van der Waals surface area (Å²) in [6.45, 7) is 9.16. The van der Waals surface area contributed by atoms with E-state index < -0.39 is 10.0 Å². The van der Waals surface area contributed by atoms with Crippen LogP contribution in [-0.2, 0) is 16.6 Å². The van der Waals surface area contributed by atoms with Crippen LogP contribution in [0.3, 0.4) is 0 Å². The van der Waals surface area contributed by atoms with Crippen LogP contribution in [0.5, 0.6) is 0 Å². The molecule has 0 saturated heterocycles. The maximum Gasteiger partial charge on any atom is 0.246 e. The van der Waals surface area contributed by atoms with Gasteiger partial charge in [0.1, 0.15) is 4.90 Å². The molecule has 1 aromatic rings. The molecule has 1 aromatic heterocycles. The smallest absolute Gasteiger partial charge is 0.246 e. The standard InChI is InChI=1S/C13H24N4O2S/c1-5-8-17(12(2)3)20(18,19)13-10-15-16(11-13)9-6-7-14-4/h5,10-12,14H,1,6-9H2,2-4H3. The van der Waals surface area contributed by atoms with Crippen molar-refractivity contribution in [3.8, 4) is 0 Å². The van der Waals surface area contributed by atoms with Crippen LogP contribution in [0.25, 0.3) is 0 Å². The molecule has 1 N–H and O–H groups in total. The van der Waals surface area contributed by atoms with Gasteiger partial charge in [-0.2, -0.15) is 9.40 Å². The van der Waals surface area contributed by atoms with E-state index in [9.17, 15) is 8.42 Å². The van der Waals surface area contributed by atoms with E-state index in [4.69, 9.17) is 0 Å². The molecule has 1 heterocycles. The summed E-state index contributed by atoms with van der Waals surface area (Å²) in [6, 6.07) is -0.120. The van der Waals surface area contributed by atoms with Crippen molar-refractivity contribution in [1.29, 1.82) is 0 Å². The lowest BCUT2D eigenvalue weighted by molar-refractivity contribution is 0.383. The Bertz CT molecular complexity index is 522. The summed E-state index contributed by atoms with van der Waals surface area (Å²) in [5.74, 6) is 0. The molecule has 0 atom stereocenters. The van der Waals surface area contributed by atoms with E-state index >= 15 is 0 Å². The fourth-order valence-corrected chi connectivity index (χ4v) is 3.43. The number of nitrogens with zero attached hydrogens (tertiary/aromatic N) is 3. The van der Waals surface area contributed by atoms with Crippen molar-refractivity contribution in [2.24, 2.45) is 0 Å². The lowest BCUT2D eigenvalue weighted by atomic mass is 10.4. The molecule has 0 aliphatic heterocycles. The minimum absolute atomic E-state index is 0.120. The molecule has 6 nitrogen and oxygen atoms in total. The Balaban J connectivity index is 2.89. The van der Waals surface area contributed by atoms with Gasteiger partial charge in [0.25, 0.3) is 0 Å². The second-order valence-corrected chi connectivity index (χ2v) is 6.74. The number of hydrogen-bond acceptors (Lipinski definition) is 4. The van der Waals surface area contributed by atoms with Crippen LogP contribution < -0.4 is 5.32 Å². The predicted octanol–water partition coefficient (Wildman–Crippen LogP) is 1.08. The number of aromatic nitrogens is 2. The summed E-state index contributed by atoms with van der Waals surface area (Å²) in [7, 11) is -1.63. The van der Waals surface area contributed by atoms with Crippen LogP contribution in [0.1, 0.15) is 20.3 Å². The Labute approximate surface area is 121 Å². The maximum atomic E-state index is 12.5. The van der Waals surface area contributed by atoms with Gasteiger partial charge in [-0.25, -0.2) is 8.42 Å². The molecule has 0 saturated carbocycles. The molecule has 0 aliphatic carbocycles. The average Bonchev–Trinajstić information content (AvgIpc) is 2.85. The second kappa shape index (κ2) is 7.56. The number of sulfonamides is 1. The maximum absolute atomic E-state index is 12.5. The van der Waals surface area contributed by atoms with E-state index in [0.717, 1.165) is 13.0 Å². The number of nitrogens with one attached hydrogen (secondary N) is 1. The summed E-state index contributed by atoms with van der Waals surface area (Å²) in [4.78, 5) is 0.234. The summed E-state index contributed by atoms with van der Waals surface area (Å²) in [5.41, 5.74) is 0. The first kappa shape index (κ1) is 16.9. The van der Waals surface area contributed by atoms with E-state index in [0.29, 0.717) is 13.1 Å². The lowest BCUT2D eigenvalue weighted by Gasteiger charge is -2.23. The quantitative estimate of drug-likeness (QED) is 0.547. The second-order valence-electron chi connectivity index (χ2n) is 4.85. The fourth-order valence-electron chi connectivity index (χ4n) is 1.87. The normalized spacial score (nSPS) is 12.2. The molecule has 0 unspecified atom stereocenters. The van der Waals surface area contributed by atoms with Crippen LogP contribution in [0.15, 0.2) is 29.9 Å². The van der Waals surface area contributed by atoms with Crippen molar-refractivity contribution >= 4 is 10.0 Å². The molecular weight excluding hydrogens is 276 g/mol. The third-order valence-electron chi connectivity index (χ3n) is 2.92. The minimum atomic E-state index is -3.51. The molecule has 114 valence electrons. The van der Waals surface area contributed by atoms with Crippen molar-refractivity contribution in [3.63, 3.8) is 0 Å². The topological polar surface area (TPSA) is 67.2 Å². The molecule has 1 rings (SSSR count). The molecule has 0 aliphatic rings. The third-order valence-corrected chi connectivity index (χ3v) is 4.91. The van der Waals surface area contributed by atoms with Crippen LogP contribution in [0.2, 0.25) is 0 Å². The summed E-state index contributed by atoms with van der Waals surface area (Å²) in [6.07, 6.45) is 5.49. The largest absolute Gasteiger partial charge is 0.320 e. The zero-order valence-electron chi connectivity index (χ0n) is 12.4. The first-order valence-electron chi connectivity index (χ1n) is 6.73. The summed E-state index contributed by atoms with van der Waals surface area (Å²) < 4.78 is 28.1. The highest BCUT2D eigenvalue weighted by atomic mass is 32.2. The van der Waals surface area contributed by atoms with Crippen LogP contribution in [-0.4, -0.2) is 48.7 Å². The highest BCUT2D eigenvalue weighted by Crippen LogP contribution is 2.17. The highest BCUT2D eigenvalue weighted by molar-refractivity contribution is 7.89. The van der Waals surface area contributed by atoms with Gasteiger partial charge in [-0.15, -0.1) is 6.58 Å². The Morgan fingerprint density at radius 2 is 2.25 bits per heavy atom. The zero-order valence-corrected chi connectivity index (χ0v) is 13.2. The van der Waals surface area contributed by atoms with Gasteiger partial charge in [0.15, 0.2) is 0 Å². The van der Waals surface area contributed by atoms with E-state index in [1.807, 2.05) is 20.9 Å². The van der Waals surface area contributed by atoms with Crippen molar-refractivity contribution in [1.82, 2.24) is 19.4 Å². The highest BCUT2D eigenvalue weighted by Gasteiger charge is 2.27. The zero-order chi connectivity index (χ0) is 15.2. The fraction of sp³-hybridized carbons (Fsp3) is 0.615. The number of hydrogen-bond donors (Lipinski definition) is 1. The molecule has 0 bridgehead atoms. The van der Waals surface area contributed by atoms with Gasteiger partial charge in [-0.3, -0.25) is 4.68 Å². The Kier molecular flexibility index (Phi) is 6.38. The van der Waals surface area contributed by atoms with E-state index in [2.05, 4.69) is 17.0 Å². The van der Waals surface area contributed by atoms with Gasteiger partial charge in [0, 0.05) is 25.3 Å². The number of aryl methyl sites for hydroxylation is 1. The van der Waals surface area contributed by atoms with E-state index in [1.54, 1.807) is 17.0 Å². The predicted molar refractivity (Wildman–Crippen MR) is 80.0 cm³/mol. The molecule has 0 radical (unpaired) electrons. The average molecular weight is 300 g/mol. The molecule has 0 aromatic carbocycles. The Morgan fingerprint density at radius 3 is 2.80 bits per heavy atom. The van der Waals surface area contributed by atoms with Crippen molar-refractivity contribution in [3.05, 3.63) is 25.0 Å². The van der Waals surface area contributed by atoms with Crippen molar-refractivity contribution in [2.75, 3.05) is 20.1 Å². The van der Waals surface area contributed by atoms with Crippen molar-refractivity contribution in [2.45, 2.75) is 37.8 Å². The summed E-state index contributed by atoms with van der Waals surface area (Å²) >= 11 is 0. The van der Waals surface area contributed by atoms with Crippen molar-refractivity contribution < 1.29 is 8.42 Å². The van der Waals surface area contributed by atoms with E-state index in [1.165, 1.54) is 10.5 Å². The minimum Gasteiger partial charge on any atom is -0.320 e. The van der Waals surface area contributed by atoms with Gasteiger partial charge in [-0.1, -0.05) is 6.08 Å². The first-order chi connectivity index (χ1) is 9.43.